The molecule has 0 unspecified atom stereocenters. The van der Waals surface area contributed by atoms with Gasteiger partial charge in [0.05, 0.1) is 0 Å². The van der Waals surface area contributed by atoms with Crippen LogP contribution in [-0.2, 0) is 0 Å². The van der Waals surface area contributed by atoms with Gasteiger partial charge in [0.1, 0.15) is 23.3 Å². The Morgan fingerprint density at radius 3 is 2.53 bits per heavy atom. The van der Waals surface area contributed by atoms with Crippen LogP contribution >= 0.6 is 0 Å². The Morgan fingerprint density at radius 2 is 1.93 bits per heavy atom. The minimum atomic E-state index is -1.10. The summed E-state index contributed by atoms with van der Waals surface area (Å²) in [4.78, 5) is 10.8. The monoisotopic (exact) mass is 205 g/mol. The molecular weight excluding hydrogens is 198 g/mol. The maximum atomic E-state index is 10.8. The van der Waals surface area contributed by atoms with Gasteiger partial charge >= 0.3 is 5.97 Å². The number of carboxylic acids is 1. The van der Waals surface area contributed by atoms with Gasteiger partial charge in [0, 0.05) is 5.56 Å². The standard InChI is InChI=1S/C10H7NO4/c12-7-3-1-6(2-4-7)9-8(10(13)14)5-15-11-9/h1-5,12H,(H,13,14). The van der Waals surface area contributed by atoms with Crippen molar-refractivity contribution in [3.05, 3.63) is 36.1 Å². The van der Waals surface area contributed by atoms with Gasteiger partial charge in [0.25, 0.3) is 0 Å². The summed E-state index contributed by atoms with van der Waals surface area (Å²) < 4.78 is 4.60. The molecule has 5 heteroatoms. The van der Waals surface area contributed by atoms with Crippen LogP contribution in [0.3, 0.4) is 0 Å². The number of hydrogen-bond acceptors (Lipinski definition) is 4. The predicted octanol–water partition coefficient (Wildman–Crippen LogP) is 1.75. The summed E-state index contributed by atoms with van der Waals surface area (Å²) in [5, 5.41) is 21.5. The van der Waals surface area contributed by atoms with Gasteiger partial charge in [-0.1, -0.05) is 5.16 Å². The average molecular weight is 205 g/mol. The molecule has 0 radical (unpaired) electrons. The number of carboxylic acid groups (broad SMARTS) is 1. The highest BCUT2D eigenvalue weighted by molar-refractivity contribution is 5.94. The third-order valence-corrected chi connectivity index (χ3v) is 1.94. The van der Waals surface area contributed by atoms with Crippen LogP contribution in [0.2, 0.25) is 0 Å². The molecule has 0 aliphatic heterocycles. The minimum Gasteiger partial charge on any atom is -0.508 e. The van der Waals surface area contributed by atoms with Gasteiger partial charge in [-0.2, -0.15) is 0 Å². The van der Waals surface area contributed by atoms with Crippen LogP contribution in [0.5, 0.6) is 5.75 Å². The molecule has 15 heavy (non-hydrogen) atoms. The van der Waals surface area contributed by atoms with Crippen LogP contribution in [0.25, 0.3) is 11.3 Å². The van der Waals surface area contributed by atoms with Crippen molar-refractivity contribution in [3.63, 3.8) is 0 Å². The van der Waals surface area contributed by atoms with E-state index < -0.39 is 5.97 Å². The van der Waals surface area contributed by atoms with Gasteiger partial charge in [-0.05, 0) is 24.3 Å². The number of phenolic OH excluding ortho intramolecular Hbond substituents is 1. The lowest BCUT2D eigenvalue weighted by Gasteiger charge is -1.97. The molecule has 0 saturated carbocycles. The molecule has 1 heterocycles. The van der Waals surface area contributed by atoms with Crippen molar-refractivity contribution in [1.82, 2.24) is 5.16 Å². The number of aromatic carboxylic acids is 1. The molecule has 0 aliphatic carbocycles. The Kier molecular flexibility index (Phi) is 2.13. The second-order valence-corrected chi connectivity index (χ2v) is 2.93. The maximum Gasteiger partial charge on any atom is 0.341 e. The first kappa shape index (κ1) is 9.26. The SMILES string of the molecule is O=C(O)c1conc1-c1ccc(O)cc1. The fraction of sp³-hybridized carbons (Fsp3) is 0. The van der Waals surface area contributed by atoms with Crippen LogP contribution in [0, 0.1) is 0 Å². The topological polar surface area (TPSA) is 83.6 Å². The zero-order valence-corrected chi connectivity index (χ0v) is 7.54. The summed E-state index contributed by atoms with van der Waals surface area (Å²) in [5.74, 6) is -0.988. The summed E-state index contributed by atoms with van der Waals surface area (Å²) >= 11 is 0. The van der Waals surface area contributed by atoms with Gasteiger partial charge in [0.15, 0.2) is 0 Å². The van der Waals surface area contributed by atoms with Gasteiger partial charge < -0.3 is 14.7 Å². The lowest BCUT2D eigenvalue weighted by Crippen LogP contribution is -1.96. The van der Waals surface area contributed by atoms with Crippen LogP contribution in [0.15, 0.2) is 35.1 Å². The molecule has 1 aromatic heterocycles. The maximum absolute atomic E-state index is 10.8. The first-order valence-electron chi connectivity index (χ1n) is 4.15. The Hall–Kier alpha value is -2.30. The quantitative estimate of drug-likeness (QED) is 0.780. The van der Waals surface area contributed by atoms with Gasteiger partial charge in [-0.15, -0.1) is 0 Å². The number of rotatable bonds is 2. The van der Waals surface area contributed by atoms with Gasteiger partial charge in [-0.3, -0.25) is 0 Å². The van der Waals surface area contributed by atoms with Crippen LogP contribution < -0.4 is 0 Å². The van der Waals surface area contributed by atoms with Crippen molar-refractivity contribution in [1.29, 1.82) is 0 Å². The summed E-state index contributed by atoms with van der Waals surface area (Å²) in [6, 6.07) is 6.05. The number of aromatic hydroxyl groups is 1. The number of hydrogen-bond donors (Lipinski definition) is 2. The van der Waals surface area contributed by atoms with E-state index >= 15 is 0 Å². The predicted molar refractivity (Wildman–Crippen MR) is 50.6 cm³/mol. The van der Waals surface area contributed by atoms with E-state index in [4.69, 9.17) is 10.2 Å². The number of carbonyl (C=O) groups is 1. The van der Waals surface area contributed by atoms with E-state index in [9.17, 15) is 4.79 Å². The molecule has 1 aromatic carbocycles. The third-order valence-electron chi connectivity index (χ3n) is 1.94. The molecule has 76 valence electrons. The van der Waals surface area contributed by atoms with Crippen molar-refractivity contribution >= 4 is 5.97 Å². The Labute approximate surface area is 84.6 Å². The summed E-state index contributed by atoms with van der Waals surface area (Å²) in [5.41, 5.74) is 0.835. The van der Waals surface area contributed by atoms with Crippen molar-refractivity contribution in [2.45, 2.75) is 0 Å². The summed E-state index contributed by atoms with van der Waals surface area (Å²) in [7, 11) is 0. The normalized spacial score (nSPS) is 10.1. The highest BCUT2D eigenvalue weighted by Gasteiger charge is 2.15. The number of nitrogens with zero attached hydrogens (tertiary/aromatic N) is 1. The first-order valence-corrected chi connectivity index (χ1v) is 4.15. The lowest BCUT2D eigenvalue weighted by atomic mass is 10.1. The molecule has 2 N–H and O–H groups in total. The molecule has 0 fully saturated rings. The van der Waals surface area contributed by atoms with Gasteiger partial charge in [-0.25, -0.2) is 4.79 Å². The Balaban J connectivity index is 2.49. The molecule has 0 spiro atoms. The van der Waals surface area contributed by atoms with Gasteiger partial charge in [0.2, 0.25) is 0 Å². The molecule has 0 atom stereocenters. The fourth-order valence-corrected chi connectivity index (χ4v) is 1.22. The zero-order valence-electron chi connectivity index (χ0n) is 7.54. The second kappa shape index (κ2) is 3.45. The van der Waals surface area contributed by atoms with Crippen molar-refractivity contribution < 1.29 is 19.5 Å². The fourth-order valence-electron chi connectivity index (χ4n) is 1.22. The molecule has 0 saturated heterocycles. The molecule has 2 aromatic rings. The van der Waals surface area contributed by atoms with Crippen molar-refractivity contribution in [2.75, 3.05) is 0 Å². The molecule has 2 rings (SSSR count). The first-order chi connectivity index (χ1) is 7.18. The zero-order chi connectivity index (χ0) is 10.8. The van der Waals surface area contributed by atoms with E-state index in [0.717, 1.165) is 6.26 Å². The van der Waals surface area contributed by atoms with E-state index in [-0.39, 0.29) is 17.0 Å². The van der Waals surface area contributed by atoms with E-state index in [2.05, 4.69) is 9.68 Å². The number of phenols is 1. The molecule has 5 nitrogen and oxygen atoms in total. The second-order valence-electron chi connectivity index (χ2n) is 2.93. The highest BCUT2D eigenvalue weighted by atomic mass is 16.5. The largest absolute Gasteiger partial charge is 0.508 e. The molecule has 0 aliphatic rings. The van der Waals surface area contributed by atoms with E-state index in [1.54, 1.807) is 12.1 Å². The van der Waals surface area contributed by atoms with E-state index in [1.807, 2.05) is 0 Å². The van der Waals surface area contributed by atoms with Crippen LogP contribution in [0.1, 0.15) is 10.4 Å². The molecular formula is C10H7NO4. The van der Waals surface area contributed by atoms with Crippen LogP contribution in [0.4, 0.5) is 0 Å². The number of benzene rings is 1. The Morgan fingerprint density at radius 1 is 1.27 bits per heavy atom. The lowest BCUT2D eigenvalue weighted by molar-refractivity contribution is 0.0697. The third kappa shape index (κ3) is 1.67. The number of aromatic nitrogens is 1. The van der Waals surface area contributed by atoms with Crippen molar-refractivity contribution in [2.24, 2.45) is 0 Å². The van der Waals surface area contributed by atoms with Crippen LogP contribution in [-0.4, -0.2) is 21.3 Å². The van der Waals surface area contributed by atoms with E-state index in [0.29, 0.717) is 5.56 Å². The smallest absolute Gasteiger partial charge is 0.341 e. The average Bonchev–Trinajstić information content (AvgIpc) is 2.67. The van der Waals surface area contributed by atoms with Crippen molar-refractivity contribution in [3.8, 4) is 17.0 Å². The summed E-state index contributed by atoms with van der Waals surface area (Å²) in [6.45, 7) is 0. The molecule has 0 bridgehead atoms. The summed E-state index contributed by atoms with van der Waals surface area (Å²) in [6.07, 6.45) is 1.07. The molecule has 0 amide bonds. The minimum absolute atomic E-state index is 0.000639. The highest BCUT2D eigenvalue weighted by Crippen LogP contribution is 2.23. The Bertz CT molecular complexity index is 486. The van der Waals surface area contributed by atoms with E-state index in [1.165, 1.54) is 12.1 Å².